The molecule has 1 amide bonds. The first-order valence-corrected chi connectivity index (χ1v) is 12.1. The predicted molar refractivity (Wildman–Crippen MR) is 142 cm³/mol. The summed E-state index contributed by atoms with van der Waals surface area (Å²) >= 11 is 5.87. The van der Waals surface area contributed by atoms with E-state index in [1.165, 1.54) is 17.2 Å². The normalized spacial score (nSPS) is 14.2. The van der Waals surface area contributed by atoms with Crippen LogP contribution in [-0.4, -0.2) is 62.7 Å². The Kier molecular flexibility index (Phi) is 7.80. The van der Waals surface area contributed by atoms with E-state index in [0.717, 1.165) is 5.56 Å². The second-order valence-corrected chi connectivity index (χ2v) is 9.33. The van der Waals surface area contributed by atoms with Crippen molar-refractivity contribution in [2.75, 3.05) is 31.5 Å². The van der Waals surface area contributed by atoms with Gasteiger partial charge in [0.15, 0.2) is 5.82 Å². The van der Waals surface area contributed by atoms with Crippen molar-refractivity contribution in [3.8, 4) is 0 Å². The fraction of sp³-hybridized carbons (Fsp3) is 0.269. The van der Waals surface area contributed by atoms with Gasteiger partial charge >= 0.3 is 0 Å². The molecule has 4 rings (SSSR count). The Balaban J connectivity index is 1.77. The molecular weight excluding hydrogens is 497 g/mol. The van der Waals surface area contributed by atoms with Crippen LogP contribution >= 0.6 is 11.6 Å². The Bertz CT molecular complexity index is 1420. The van der Waals surface area contributed by atoms with E-state index in [4.69, 9.17) is 11.6 Å². The molecular formula is C26H27ClFN7O2. The van der Waals surface area contributed by atoms with Crippen molar-refractivity contribution in [2.24, 2.45) is 0 Å². The molecule has 3 N–H and O–H groups in total. The summed E-state index contributed by atoms with van der Waals surface area (Å²) in [5.41, 5.74) is 1.88. The highest BCUT2D eigenvalue weighted by atomic mass is 35.5. The molecule has 3 aromatic rings. The standard InChI is InChI=1S/C26H27ClFN7O2/c1-14(2)18-12-31-23(17(16(4)28)11-15(3)27)34-24(18)33-20-5-6-30-25-21(20)19(13-32-25)22(36)26(37)35-9-7-29-8-10-35/h5-6,11-14,29H,3-4,7-10H2,1-2H3,(H2,30,31,32,33,34)/b17-11+. The molecule has 11 heteroatoms. The highest BCUT2D eigenvalue weighted by molar-refractivity contribution is 6.45. The van der Waals surface area contributed by atoms with Crippen LogP contribution in [0.3, 0.4) is 0 Å². The fourth-order valence-electron chi connectivity index (χ4n) is 4.06. The first-order valence-electron chi connectivity index (χ1n) is 11.7. The molecule has 1 aliphatic heterocycles. The molecule has 3 aromatic heterocycles. The molecule has 37 heavy (non-hydrogen) atoms. The Labute approximate surface area is 218 Å². The summed E-state index contributed by atoms with van der Waals surface area (Å²) < 4.78 is 14.2. The molecule has 9 nitrogen and oxygen atoms in total. The van der Waals surface area contributed by atoms with Crippen LogP contribution in [0.1, 0.15) is 41.5 Å². The third kappa shape index (κ3) is 5.60. The number of carbonyl (C=O) groups excluding carboxylic acids is 2. The summed E-state index contributed by atoms with van der Waals surface area (Å²) in [5.74, 6) is -1.49. The van der Waals surface area contributed by atoms with Gasteiger partial charge in [0.1, 0.15) is 17.3 Å². The van der Waals surface area contributed by atoms with Gasteiger partial charge in [0.05, 0.1) is 22.2 Å². The average molecular weight is 524 g/mol. The summed E-state index contributed by atoms with van der Waals surface area (Å²) in [5, 5.41) is 6.96. The maximum atomic E-state index is 14.2. The predicted octanol–water partition coefficient (Wildman–Crippen LogP) is 4.45. The Morgan fingerprint density at radius 3 is 2.62 bits per heavy atom. The Hall–Kier alpha value is -3.89. The average Bonchev–Trinajstić information content (AvgIpc) is 3.31. The number of amides is 1. The SMILES string of the molecule is C=C(Cl)/C=C(\C(=C)F)c1ncc(C(C)C)c(Nc2ccnc3[nH]cc(C(=O)C(=O)N4CCNCC4)c23)n1. The lowest BCUT2D eigenvalue weighted by Gasteiger charge is -2.26. The van der Waals surface area contributed by atoms with E-state index in [1.807, 2.05) is 13.8 Å². The molecule has 0 aromatic carbocycles. The quantitative estimate of drug-likeness (QED) is 0.227. The minimum Gasteiger partial charge on any atom is -0.345 e. The van der Waals surface area contributed by atoms with Crippen molar-refractivity contribution >= 4 is 51.4 Å². The Morgan fingerprint density at radius 1 is 1.24 bits per heavy atom. The van der Waals surface area contributed by atoms with E-state index in [2.05, 4.69) is 43.7 Å². The molecule has 1 saturated heterocycles. The zero-order valence-electron chi connectivity index (χ0n) is 20.6. The minimum absolute atomic E-state index is 0.00244. The number of fused-ring (bicyclic) bond motifs is 1. The Morgan fingerprint density at radius 2 is 1.97 bits per heavy atom. The van der Waals surface area contributed by atoms with Crippen molar-refractivity contribution in [3.63, 3.8) is 0 Å². The minimum atomic E-state index is -0.763. The number of hydrogen-bond acceptors (Lipinski definition) is 7. The van der Waals surface area contributed by atoms with Crippen molar-refractivity contribution in [3.05, 3.63) is 71.7 Å². The number of rotatable bonds is 8. The molecule has 0 saturated carbocycles. The number of nitrogens with one attached hydrogen (secondary N) is 3. The van der Waals surface area contributed by atoms with Crippen LogP contribution in [0.5, 0.6) is 0 Å². The molecule has 1 aliphatic rings. The van der Waals surface area contributed by atoms with Gasteiger partial charge in [-0.15, -0.1) is 0 Å². The second-order valence-electron chi connectivity index (χ2n) is 8.84. The van der Waals surface area contributed by atoms with Gasteiger partial charge in [0.25, 0.3) is 11.7 Å². The van der Waals surface area contributed by atoms with E-state index >= 15 is 0 Å². The number of aromatic amines is 1. The van der Waals surface area contributed by atoms with Gasteiger partial charge < -0.3 is 20.5 Å². The highest BCUT2D eigenvalue weighted by Gasteiger charge is 2.28. The number of aromatic nitrogens is 4. The van der Waals surface area contributed by atoms with E-state index in [1.54, 1.807) is 18.5 Å². The van der Waals surface area contributed by atoms with Gasteiger partial charge in [-0.2, -0.15) is 0 Å². The lowest BCUT2D eigenvalue weighted by atomic mass is 10.0. The first-order chi connectivity index (χ1) is 17.7. The summed E-state index contributed by atoms with van der Waals surface area (Å²) in [6.07, 6.45) is 5.95. The monoisotopic (exact) mass is 523 g/mol. The van der Waals surface area contributed by atoms with Crippen LogP contribution in [0.25, 0.3) is 16.6 Å². The number of piperazine rings is 1. The summed E-state index contributed by atoms with van der Waals surface area (Å²) in [4.78, 5) is 43.8. The van der Waals surface area contributed by atoms with Crippen molar-refractivity contribution < 1.29 is 14.0 Å². The third-order valence-electron chi connectivity index (χ3n) is 5.94. The number of nitrogens with zero attached hydrogens (tertiary/aromatic N) is 4. The molecule has 0 bridgehead atoms. The maximum absolute atomic E-state index is 14.2. The molecule has 0 atom stereocenters. The van der Waals surface area contributed by atoms with Crippen LogP contribution in [0.2, 0.25) is 0 Å². The van der Waals surface area contributed by atoms with Gasteiger partial charge in [0.2, 0.25) is 0 Å². The van der Waals surface area contributed by atoms with Crippen molar-refractivity contribution in [1.82, 2.24) is 30.2 Å². The smallest absolute Gasteiger partial charge is 0.295 e. The first kappa shape index (κ1) is 26.2. The molecule has 0 aliphatic carbocycles. The number of allylic oxidation sites excluding steroid dienone is 4. The largest absolute Gasteiger partial charge is 0.345 e. The highest BCUT2D eigenvalue weighted by Crippen LogP contribution is 2.33. The van der Waals surface area contributed by atoms with E-state index in [9.17, 15) is 14.0 Å². The van der Waals surface area contributed by atoms with Crippen LogP contribution in [-0.2, 0) is 4.79 Å². The van der Waals surface area contributed by atoms with Crippen LogP contribution in [0.4, 0.5) is 15.9 Å². The van der Waals surface area contributed by atoms with Crippen LogP contribution in [0, 0.1) is 0 Å². The number of H-pyrrole nitrogens is 1. The van der Waals surface area contributed by atoms with Gasteiger partial charge in [-0.25, -0.2) is 19.3 Å². The number of Topliss-reactive ketones (excluding diaryl/α,β-unsaturated/α-hetero) is 1. The van der Waals surface area contributed by atoms with E-state index in [-0.39, 0.29) is 27.9 Å². The second kappa shape index (κ2) is 11.0. The van der Waals surface area contributed by atoms with Gasteiger partial charge in [-0.1, -0.05) is 38.6 Å². The van der Waals surface area contributed by atoms with Crippen molar-refractivity contribution in [1.29, 1.82) is 0 Å². The van der Waals surface area contributed by atoms with Gasteiger partial charge in [-0.05, 0) is 18.1 Å². The molecule has 4 heterocycles. The molecule has 0 spiro atoms. The number of halogens is 2. The van der Waals surface area contributed by atoms with Crippen LogP contribution < -0.4 is 10.6 Å². The topological polar surface area (TPSA) is 116 Å². The number of carbonyl (C=O) groups is 2. The van der Waals surface area contributed by atoms with Gasteiger partial charge in [-0.3, -0.25) is 9.59 Å². The summed E-state index contributed by atoms with van der Waals surface area (Å²) in [7, 11) is 0. The lowest BCUT2D eigenvalue weighted by molar-refractivity contribution is -0.126. The molecule has 0 radical (unpaired) electrons. The third-order valence-corrected chi connectivity index (χ3v) is 6.05. The zero-order valence-corrected chi connectivity index (χ0v) is 21.3. The van der Waals surface area contributed by atoms with Gasteiger partial charge in [0, 0.05) is 55.4 Å². The lowest BCUT2D eigenvalue weighted by Crippen LogP contribution is -2.48. The summed E-state index contributed by atoms with van der Waals surface area (Å²) in [6.45, 7) is 13.0. The fourth-order valence-corrected chi connectivity index (χ4v) is 4.17. The molecule has 0 unspecified atom stereocenters. The zero-order chi connectivity index (χ0) is 26.7. The number of ketones is 1. The summed E-state index contributed by atoms with van der Waals surface area (Å²) in [6, 6.07) is 1.68. The van der Waals surface area contributed by atoms with E-state index in [0.29, 0.717) is 48.7 Å². The molecule has 192 valence electrons. The number of pyridine rings is 1. The van der Waals surface area contributed by atoms with Crippen molar-refractivity contribution in [2.45, 2.75) is 19.8 Å². The van der Waals surface area contributed by atoms with E-state index < -0.39 is 17.5 Å². The molecule has 1 fully saturated rings. The van der Waals surface area contributed by atoms with Crippen LogP contribution in [0.15, 0.2) is 54.7 Å². The number of hydrogen-bond donors (Lipinski definition) is 3. The maximum Gasteiger partial charge on any atom is 0.295 e. The number of anilines is 2.